The molecule has 2 N–H and O–H groups in total. The van der Waals surface area contributed by atoms with Crippen LogP contribution in [0.4, 0.5) is 13.2 Å². The van der Waals surface area contributed by atoms with E-state index in [1.54, 1.807) is 12.1 Å². The van der Waals surface area contributed by atoms with Crippen LogP contribution in [-0.2, 0) is 17.4 Å². The Hall–Kier alpha value is -1.56. The quantitative estimate of drug-likeness (QED) is 0.913. The number of carbonyl (C=O) groups excluding carboxylic acids is 1. The van der Waals surface area contributed by atoms with Crippen LogP contribution in [-0.4, -0.2) is 29.4 Å². The van der Waals surface area contributed by atoms with Crippen molar-refractivity contribution in [3.8, 4) is 0 Å². The molecule has 0 bridgehead atoms. The standard InChI is InChI=1S/C18H23F3N2O/c19-18(20,21)15-6-2-1-5-14(15)8-7-13-4-3-11-23(12-13)16(24)17(22)9-10-17/h1-2,5-6,13H,3-4,7-12,22H2/t13-/m1/s1. The van der Waals surface area contributed by atoms with Crippen molar-refractivity contribution in [2.24, 2.45) is 11.7 Å². The lowest BCUT2D eigenvalue weighted by molar-refractivity contribution is -0.138. The third-order valence-electron chi connectivity index (χ3n) is 5.17. The number of rotatable bonds is 4. The summed E-state index contributed by atoms with van der Waals surface area (Å²) in [6.45, 7) is 1.33. The van der Waals surface area contributed by atoms with Crippen molar-refractivity contribution >= 4 is 5.91 Å². The van der Waals surface area contributed by atoms with E-state index in [4.69, 9.17) is 5.73 Å². The van der Waals surface area contributed by atoms with Crippen LogP contribution >= 0.6 is 0 Å². The van der Waals surface area contributed by atoms with E-state index >= 15 is 0 Å². The number of piperidine rings is 1. The zero-order valence-electron chi connectivity index (χ0n) is 13.6. The summed E-state index contributed by atoms with van der Waals surface area (Å²) in [6, 6.07) is 5.75. The first-order valence-corrected chi connectivity index (χ1v) is 8.53. The first-order valence-electron chi connectivity index (χ1n) is 8.53. The van der Waals surface area contributed by atoms with Gasteiger partial charge in [0.15, 0.2) is 0 Å². The fourth-order valence-electron chi connectivity index (χ4n) is 3.52. The third kappa shape index (κ3) is 3.74. The number of nitrogens with zero attached hydrogens (tertiary/aromatic N) is 1. The maximum Gasteiger partial charge on any atom is 0.416 e. The van der Waals surface area contributed by atoms with Crippen molar-refractivity contribution in [1.82, 2.24) is 4.90 Å². The Labute approximate surface area is 140 Å². The molecule has 0 spiro atoms. The van der Waals surface area contributed by atoms with Gasteiger partial charge in [0.05, 0.1) is 11.1 Å². The van der Waals surface area contributed by atoms with Gasteiger partial charge in [0.2, 0.25) is 5.91 Å². The summed E-state index contributed by atoms with van der Waals surface area (Å²) in [5, 5.41) is 0. The summed E-state index contributed by atoms with van der Waals surface area (Å²) in [6.07, 6.45) is 0.0640. The van der Waals surface area contributed by atoms with Gasteiger partial charge in [-0.05, 0) is 56.1 Å². The van der Waals surface area contributed by atoms with E-state index in [1.165, 1.54) is 6.07 Å². The molecule has 1 aliphatic heterocycles. The second-order valence-corrected chi connectivity index (χ2v) is 7.11. The average Bonchev–Trinajstić information content (AvgIpc) is 3.31. The molecule has 2 fully saturated rings. The summed E-state index contributed by atoms with van der Waals surface area (Å²) in [7, 11) is 0. The minimum absolute atomic E-state index is 0.0166. The maximum absolute atomic E-state index is 13.1. The van der Waals surface area contributed by atoms with Gasteiger partial charge in [-0.25, -0.2) is 0 Å². The molecule has 3 nitrogen and oxygen atoms in total. The minimum atomic E-state index is -4.32. The molecule has 3 rings (SSSR count). The highest BCUT2D eigenvalue weighted by Gasteiger charge is 2.48. The predicted octanol–water partition coefficient (Wildman–Crippen LogP) is 3.37. The smallest absolute Gasteiger partial charge is 0.341 e. The zero-order valence-corrected chi connectivity index (χ0v) is 13.6. The van der Waals surface area contributed by atoms with E-state index in [1.807, 2.05) is 4.90 Å². The molecular formula is C18H23F3N2O. The van der Waals surface area contributed by atoms with Gasteiger partial charge < -0.3 is 10.6 Å². The van der Waals surface area contributed by atoms with Crippen molar-refractivity contribution in [2.45, 2.75) is 50.2 Å². The first-order chi connectivity index (χ1) is 11.3. The number of halogens is 3. The number of hydrogen-bond donors (Lipinski definition) is 1. The van der Waals surface area contributed by atoms with E-state index in [9.17, 15) is 18.0 Å². The molecule has 1 amide bonds. The highest BCUT2D eigenvalue weighted by atomic mass is 19.4. The maximum atomic E-state index is 13.1. The molecule has 24 heavy (non-hydrogen) atoms. The van der Waals surface area contributed by atoms with Gasteiger partial charge in [-0.2, -0.15) is 13.2 Å². The van der Waals surface area contributed by atoms with Crippen LogP contribution < -0.4 is 5.73 Å². The van der Waals surface area contributed by atoms with E-state index in [0.717, 1.165) is 31.7 Å². The van der Waals surface area contributed by atoms with Crippen LogP contribution in [0.5, 0.6) is 0 Å². The molecule has 1 saturated carbocycles. The van der Waals surface area contributed by atoms with Crippen LogP contribution in [0.25, 0.3) is 0 Å². The number of hydrogen-bond acceptors (Lipinski definition) is 2. The van der Waals surface area contributed by atoms with E-state index in [-0.39, 0.29) is 11.8 Å². The van der Waals surface area contributed by atoms with Crippen molar-refractivity contribution in [2.75, 3.05) is 13.1 Å². The van der Waals surface area contributed by atoms with Gasteiger partial charge in [0.1, 0.15) is 0 Å². The number of benzene rings is 1. The second-order valence-electron chi connectivity index (χ2n) is 7.11. The highest BCUT2D eigenvalue weighted by molar-refractivity contribution is 5.89. The predicted molar refractivity (Wildman–Crippen MR) is 85.2 cm³/mol. The topological polar surface area (TPSA) is 46.3 Å². The van der Waals surface area contributed by atoms with Crippen molar-refractivity contribution in [3.05, 3.63) is 35.4 Å². The molecule has 0 unspecified atom stereocenters. The van der Waals surface area contributed by atoms with Gasteiger partial charge in [-0.1, -0.05) is 18.2 Å². The molecular weight excluding hydrogens is 317 g/mol. The molecule has 1 heterocycles. The molecule has 132 valence electrons. The molecule has 0 radical (unpaired) electrons. The summed E-state index contributed by atoms with van der Waals surface area (Å²) in [5.74, 6) is 0.259. The van der Waals surface area contributed by atoms with Gasteiger partial charge in [-0.3, -0.25) is 4.79 Å². The monoisotopic (exact) mass is 340 g/mol. The molecule has 2 aliphatic rings. The van der Waals surface area contributed by atoms with Crippen molar-refractivity contribution < 1.29 is 18.0 Å². The lowest BCUT2D eigenvalue weighted by Crippen LogP contribution is -2.49. The minimum Gasteiger partial charge on any atom is -0.341 e. The number of alkyl halides is 3. The summed E-state index contributed by atoms with van der Waals surface area (Å²) in [4.78, 5) is 14.2. The van der Waals surface area contributed by atoms with Gasteiger partial charge in [-0.15, -0.1) is 0 Å². The molecule has 6 heteroatoms. The molecule has 1 aliphatic carbocycles. The Kier molecular flexibility index (Phi) is 4.60. The Morgan fingerprint density at radius 1 is 1.29 bits per heavy atom. The number of likely N-dealkylation sites (tertiary alicyclic amines) is 1. The van der Waals surface area contributed by atoms with E-state index < -0.39 is 17.3 Å². The number of nitrogens with two attached hydrogens (primary N) is 1. The Balaban J connectivity index is 1.60. The second kappa shape index (κ2) is 6.39. The van der Waals surface area contributed by atoms with Crippen LogP contribution in [0.15, 0.2) is 24.3 Å². The molecule has 0 aromatic heterocycles. The van der Waals surface area contributed by atoms with Crippen LogP contribution in [0.2, 0.25) is 0 Å². The number of amides is 1. The summed E-state index contributed by atoms with van der Waals surface area (Å²) < 4.78 is 39.2. The molecule has 1 atom stereocenters. The fraction of sp³-hybridized carbons (Fsp3) is 0.611. The molecule has 1 aromatic carbocycles. The highest BCUT2D eigenvalue weighted by Crippen LogP contribution is 2.36. The number of carbonyl (C=O) groups is 1. The van der Waals surface area contributed by atoms with Crippen molar-refractivity contribution in [1.29, 1.82) is 0 Å². The van der Waals surface area contributed by atoms with Gasteiger partial charge >= 0.3 is 6.18 Å². The molecule has 1 saturated heterocycles. The Bertz CT molecular complexity index is 611. The fourth-order valence-corrected chi connectivity index (χ4v) is 3.52. The lowest BCUT2D eigenvalue weighted by atomic mass is 9.90. The SMILES string of the molecule is NC1(C(=O)N2CCC[C@H](CCc3ccccc3C(F)(F)F)C2)CC1. The lowest BCUT2D eigenvalue weighted by Gasteiger charge is -2.34. The van der Waals surface area contributed by atoms with E-state index in [0.29, 0.717) is 31.5 Å². The van der Waals surface area contributed by atoms with Crippen LogP contribution in [0, 0.1) is 5.92 Å². The van der Waals surface area contributed by atoms with Crippen LogP contribution in [0.3, 0.4) is 0 Å². The average molecular weight is 340 g/mol. The van der Waals surface area contributed by atoms with Crippen LogP contribution in [0.1, 0.15) is 43.2 Å². The Morgan fingerprint density at radius 3 is 2.67 bits per heavy atom. The van der Waals surface area contributed by atoms with Gasteiger partial charge in [0, 0.05) is 13.1 Å². The first kappa shape index (κ1) is 17.3. The number of aryl methyl sites for hydroxylation is 1. The zero-order chi connectivity index (χ0) is 17.4. The normalized spacial score (nSPS) is 23.2. The van der Waals surface area contributed by atoms with Crippen molar-refractivity contribution in [3.63, 3.8) is 0 Å². The summed E-state index contributed by atoms with van der Waals surface area (Å²) in [5.41, 5.74) is 5.11. The van der Waals surface area contributed by atoms with E-state index in [2.05, 4.69) is 0 Å². The largest absolute Gasteiger partial charge is 0.416 e. The summed E-state index contributed by atoms with van der Waals surface area (Å²) >= 11 is 0. The third-order valence-corrected chi connectivity index (χ3v) is 5.17. The van der Waals surface area contributed by atoms with Gasteiger partial charge in [0.25, 0.3) is 0 Å². The molecule has 1 aromatic rings. The Morgan fingerprint density at radius 2 is 2.00 bits per heavy atom.